The minimum absolute atomic E-state index is 0. The molecule has 0 radical (unpaired) electrons. The fourth-order valence-electron chi connectivity index (χ4n) is 1.74. The van der Waals surface area contributed by atoms with E-state index in [-0.39, 0.29) is 4.70 Å². The zero-order valence-corrected chi connectivity index (χ0v) is 8.00. The van der Waals surface area contributed by atoms with E-state index < -0.39 is 0 Å². The predicted octanol–water partition coefficient (Wildman–Crippen LogP) is 2.25. The third-order valence-electron chi connectivity index (χ3n) is 2.53. The fourth-order valence-corrected chi connectivity index (χ4v) is 1.74. The number of hydrogen-bond acceptors (Lipinski definition) is 2. The SMILES string of the molecule is CCN(CC)c1ccc2c(N)c1-2.F. The highest BCUT2D eigenvalue weighted by Gasteiger charge is 2.27. The van der Waals surface area contributed by atoms with Crippen molar-refractivity contribution in [2.75, 3.05) is 23.7 Å². The van der Waals surface area contributed by atoms with E-state index in [0.717, 1.165) is 18.8 Å². The molecule has 0 saturated heterocycles. The van der Waals surface area contributed by atoms with E-state index in [1.165, 1.54) is 16.8 Å². The first-order valence-corrected chi connectivity index (χ1v) is 4.47. The standard InChI is InChI=1S/C10H14N2.FH/c1-3-12(4-2)8-6-5-7-9(8)10(7)11;/h5-6H,3-4,11H2,1-2H3;1H. The van der Waals surface area contributed by atoms with Crippen LogP contribution in [0.4, 0.5) is 16.1 Å². The Kier molecular flexibility index (Phi) is 2.45. The van der Waals surface area contributed by atoms with Gasteiger partial charge in [-0.15, -0.1) is 0 Å². The number of fused-ring (bicyclic) bond motifs is 1. The van der Waals surface area contributed by atoms with Crippen LogP contribution in [-0.4, -0.2) is 13.1 Å². The Balaban J connectivity index is 0.000000845. The number of halogens is 1. The molecule has 72 valence electrons. The predicted molar refractivity (Wildman–Crippen MR) is 55.9 cm³/mol. The van der Waals surface area contributed by atoms with Gasteiger partial charge in [0.1, 0.15) is 0 Å². The van der Waals surface area contributed by atoms with E-state index in [9.17, 15) is 0 Å². The van der Waals surface area contributed by atoms with Gasteiger partial charge in [0, 0.05) is 35.6 Å². The summed E-state index contributed by atoms with van der Waals surface area (Å²) >= 11 is 0. The molecule has 0 amide bonds. The van der Waals surface area contributed by atoms with Crippen molar-refractivity contribution in [3.8, 4) is 11.1 Å². The first kappa shape index (κ1) is 9.84. The second-order valence-electron chi connectivity index (χ2n) is 3.09. The normalized spacial score (nSPS) is 10.6. The summed E-state index contributed by atoms with van der Waals surface area (Å²) in [7, 11) is 0. The number of rotatable bonds is 3. The fraction of sp³-hybridized carbons (Fsp3) is 0.400. The summed E-state index contributed by atoms with van der Waals surface area (Å²) in [6.07, 6.45) is 0. The van der Waals surface area contributed by atoms with Gasteiger partial charge < -0.3 is 10.6 Å². The lowest BCUT2D eigenvalue weighted by atomic mass is 10.3. The molecule has 0 aliphatic heterocycles. The highest BCUT2D eigenvalue weighted by atomic mass is 19.0. The van der Waals surface area contributed by atoms with E-state index >= 15 is 0 Å². The molecule has 0 fully saturated rings. The zero-order valence-electron chi connectivity index (χ0n) is 8.00. The Morgan fingerprint density at radius 2 is 1.85 bits per heavy atom. The maximum atomic E-state index is 5.75. The summed E-state index contributed by atoms with van der Waals surface area (Å²) in [6, 6.07) is 4.27. The molecular weight excluding hydrogens is 167 g/mol. The largest absolute Gasteiger partial charge is 0.398 e. The number of nitrogens with two attached hydrogens (primary N) is 1. The Hall–Kier alpha value is -1.25. The van der Waals surface area contributed by atoms with Crippen LogP contribution in [0.15, 0.2) is 12.1 Å². The Morgan fingerprint density at radius 1 is 1.23 bits per heavy atom. The third-order valence-corrected chi connectivity index (χ3v) is 2.53. The van der Waals surface area contributed by atoms with Crippen LogP contribution in [0.2, 0.25) is 0 Å². The molecule has 0 unspecified atom stereocenters. The second-order valence-corrected chi connectivity index (χ2v) is 3.09. The Bertz CT molecular complexity index is 319. The van der Waals surface area contributed by atoms with Gasteiger partial charge in [0.2, 0.25) is 0 Å². The van der Waals surface area contributed by atoms with Gasteiger partial charge in [0.15, 0.2) is 0 Å². The molecule has 0 atom stereocenters. The van der Waals surface area contributed by atoms with Crippen LogP contribution in [0, 0.1) is 0 Å². The molecule has 0 aromatic rings. The summed E-state index contributed by atoms with van der Waals surface area (Å²) in [5, 5.41) is 0. The van der Waals surface area contributed by atoms with Crippen LogP contribution < -0.4 is 10.6 Å². The van der Waals surface area contributed by atoms with E-state index in [2.05, 4.69) is 30.9 Å². The van der Waals surface area contributed by atoms with Gasteiger partial charge in [-0.3, -0.25) is 4.70 Å². The van der Waals surface area contributed by atoms with Crippen LogP contribution in [0.5, 0.6) is 0 Å². The van der Waals surface area contributed by atoms with Crippen LogP contribution >= 0.6 is 0 Å². The van der Waals surface area contributed by atoms with E-state index in [4.69, 9.17) is 5.73 Å². The van der Waals surface area contributed by atoms with Gasteiger partial charge in [0.05, 0.1) is 0 Å². The summed E-state index contributed by atoms with van der Waals surface area (Å²) < 4.78 is 0. The maximum absolute atomic E-state index is 5.75. The molecule has 3 heteroatoms. The van der Waals surface area contributed by atoms with Crippen molar-refractivity contribution in [3.05, 3.63) is 12.1 Å². The minimum Gasteiger partial charge on any atom is -0.398 e. The Labute approximate surface area is 77.7 Å². The quantitative estimate of drug-likeness (QED) is 0.738. The van der Waals surface area contributed by atoms with Crippen molar-refractivity contribution in [2.45, 2.75) is 13.8 Å². The van der Waals surface area contributed by atoms with Crippen molar-refractivity contribution >= 4 is 11.4 Å². The van der Waals surface area contributed by atoms with E-state index in [1.54, 1.807) is 0 Å². The van der Waals surface area contributed by atoms with E-state index in [0.29, 0.717) is 0 Å². The van der Waals surface area contributed by atoms with Crippen molar-refractivity contribution < 1.29 is 4.70 Å². The number of benzene rings is 1. The minimum atomic E-state index is 0. The summed E-state index contributed by atoms with van der Waals surface area (Å²) in [4.78, 5) is 2.33. The molecule has 0 saturated carbocycles. The topological polar surface area (TPSA) is 29.3 Å². The molecule has 2 nitrogen and oxygen atoms in total. The van der Waals surface area contributed by atoms with Crippen LogP contribution in [-0.2, 0) is 0 Å². The van der Waals surface area contributed by atoms with Crippen LogP contribution in [0.25, 0.3) is 11.1 Å². The average Bonchev–Trinajstić information content (AvgIpc) is 2.55. The first-order valence-electron chi connectivity index (χ1n) is 4.47. The van der Waals surface area contributed by atoms with Crippen molar-refractivity contribution in [2.24, 2.45) is 0 Å². The van der Waals surface area contributed by atoms with Gasteiger partial charge >= 0.3 is 0 Å². The van der Waals surface area contributed by atoms with Crippen LogP contribution in [0.1, 0.15) is 13.8 Å². The zero-order chi connectivity index (χ0) is 8.72. The summed E-state index contributed by atoms with van der Waals surface area (Å²) in [6.45, 7) is 6.45. The lowest BCUT2D eigenvalue weighted by molar-refractivity contribution is 0.870. The highest BCUT2D eigenvalue weighted by Crippen LogP contribution is 2.53. The molecule has 2 rings (SSSR count). The molecule has 0 bridgehead atoms. The molecular formula is C10H15FN2. The number of nitrogens with zero attached hydrogens (tertiary/aromatic N) is 1. The van der Waals surface area contributed by atoms with Gasteiger partial charge in [-0.2, -0.15) is 0 Å². The second kappa shape index (κ2) is 3.24. The van der Waals surface area contributed by atoms with Gasteiger partial charge in [-0.05, 0) is 19.9 Å². The van der Waals surface area contributed by atoms with Crippen LogP contribution in [0.3, 0.4) is 0 Å². The number of hydrogen-bond donors (Lipinski definition) is 1. The van der Waals surface area contributed by atoms with Crippen molar-refractivity contribution in [1.29, 1.82) is 0 Å². The molecule has 2 aliphatic carbocycles. The van der Waals surface area contributed by atoms with E-state index in [1.807, 2.05) is 0 Å². The summed E-state index contributed by atoms with van der Waals surface area (Å²) in [5.41, 5.74) is 10.6. The molecule has 0 spiro atoms. The Morgan fingerprint density at radius 3 is 2.23 bits per heavy atom. The molecule has 2 aliphatic rings. The number of anilines is 2. The molecule has 2 N–H and O–H groups in total. The van der Waals surface area contributed by atoms with Crippen molar-refractivity contribution in [1.82, 2.24) is 0 Å². The molecule has 0 heterocycles. The van der Waals surface area contributed by atoms with Gasteiger partial charge in [-0.25, -0.2) is 0 Å². The maximum Gasteiger partial charge on any atom is 0.0496 e. The molecule has 0 aromatic heterocycles. The molecule has 13 heavy (non-hydrogen) atoms. The highest BCUT2D eigenvalue weighted by molar-refractivity contribution is 6.10. The molecule has 0 aromatic carbocycles. The first-order chi connectivity index (χ1) is 5.79. The average molecular weight is 182 g/mol. The van der Waals surface area contributed by atoms with Crippen molar-refractivity contribution in [3.63, 3.8) is 0 Å². The smallest absolute Gasteiger partial charge is 0.0496 e. The lowest BCUT2D eigenvalue weighted by Gasteiger charge is -2.19. The summed E-state index contributed by atoms with van der Waals surface area (Å²) in [5.74, 6) is 0. The monoisotopic (exact) mass is 182 g/mol. The number of nitrogen functional groups attached to an aromatic ring is 1. The van der Waals surface area contributed by atoms with Gasteiger partial charge in [-0.1, -0.05) is 6.07 Å². The van der Waals surface area contributed by atoms with Gasteiger partial charge in [0.25, 0.3) is 0 Å². The lowest BCUT2D eigenvalue weighted by Crippen LogP contribution is -2.21. The third kappa shape index (κ3) is 1.24.